The molecule has 0 saturated heterocycles. The van der Waals surface area contributed by atoms with Crippen LogP contribution in [0.1, 0.15) is 0 Å². The Hall–Kier alpha value is -1.71. The number of anilines is 1. The lowest BCUT2D eigenvalue weighted by Crippen LogP contribution is -2.29. The van der Waals surface area contributed by atoms with Crippen LogP contribution in [0.25, 0.3) is 0 Å². The van der Waals surface area contributed by atoms with E-state index in [0.717, 1.165) is 12.2 Å². The molecule has 4 heteroatoms. The highest BCUT2D eigenvalue weighted by atomic mass is 16.5. The number of methoxy groups -OCH3 is 1. The summed E-state index contributed by atoms with van der Waals surface area (Å²) in [4.78, 5) is 4.11. The number of nitrogens with one attached hydrogen (secondary N) is 1. The third-order valence-electron chi connectivity index (χ3n) is 1.88. The van der Waals surface area contributed by atoms with Crippen LogP contribution in [0.4, 0.5) is 5.69 Å². The first-order valence-electron chi connectivity index (χ1n) is 4.09. The van der Waals surface area contributed by atoms with Gasteiger partial charge < -0.3 is 10.2 Å². The Morgan fingerprint density at radius 2 is 2.46 bits per heavy atom. The normalized spacial score (nSPS) is 14.4. The van der Waals surface area contributed by atoms with Gasteiger partial charge in [-0.25, -0.2) is 4.98 Å². The average Bonchev–Trinajstić information content (AvgIpc) is 2.71. The number of pyridine rings is 1. The van der Waals surface area contributed by atoms with E-state index in [0.29, 0.717) is 5.88 Å². The van der Waals surface area contributed by atoms with Crippen LogP contribution in [0.3, 0.4) is 0 Å². The molecule has 0 radical (unpaired) electrons. The summed E-state index contributed by atoms with van der Waals surface area (Å²) in [6, 6.07) is 3.81. The van der Waals surface area contributed by atoms with E-state index in [4.69, 9.17) is 4.74 Å². The van der Waals surface area contributed by atoms with Gasteiger partial charge in [0.1, 0.15) is 0 Å². The number of ether oxygens (including phenoxy) is 1. The van der Waals surface area contributed by atoms with Crippen LogP contribution in [0.2, 0.25) is 0 Å². The Kier molecular flexibility index (Phi) is 2.04. The molecule has 1 aromatic heterocycles. The topological polar surface area (TPSA) is 37.4 Å². The van der Waals surface area contributed by atoms with Gasteiger partial charge in [0.05, 0.1) is 25.5 Å². The average molecular weight is 177 g/mol. The molecule has 1 aliphatic rings. The molecule has 0 fully saturated rings. The summed E-state index contributed by atoms with van der Waals surface area (Å²) < 4.78 is 4.97. The van der Waals surface area contributed by atoms with Gasteiger partial charge in [-0.2, -0.15) is 0 Å². The lowest BCUT2D eigenvalue weighted by Gasteiger charge is -2.17. The second-order valence-electron chi connectivity index (χ2n) is 2.70. The number of hydrogen-bond donors (Lipinski definition) is 1. The molecule has 0 atom stereocenters. The van der Waals surface area contributed by atoms with E-state index in [1.165, 1.54) is 0 Å². The minimum atomic E-state index is 0.635. The van der Waals surface area contributed by atoms with E-state index in [-0.39, 0.29) is 0 Å². The van der Waals surface area contributed by atoms with Gasteiger partial charge in [-0.3, -0.25) is 5.01 Å². The van der Waals surface area contributed by atoms with Gasteiger partial charge in [0, 0.05) is 12.3 Å². The Morgan fingerprint density at radius 3 is 3.00 bits per heavy atom. The Labute approximate surface area is 76.8 Å². The summed E-state index contributed by atoms with van der Waals surface area (Å²) in [5.41, 5.74) is 4.12. The van der Waals surface area contributed by atoms with Crippen molar-refractivity contribution in [2.75, 3.05) is 18.7 Å². The molecule has 0 spiro atoms. The van der Waals surface area contributed by atoms with Gasteiger partial charge in [0.2, 0.25) is 5.88 Å². The van der Waals surface area contributed by atoms with Crippen LogP contribution in [0, 0.1) is 0 Å². The number of hydrogen-bond acceptors (Lipinski definition) is 4. The Morgan fingerprint density at radius 1 is 1.54 bits per heavy atom. The first kappa shape index (κ1) is 7.91. The maximum absolute atomic E-state index is 4.97. The maximum Gasteiger partial charge on any atom is 0.213 e. The molecule has 1 aliphatic heterocycles. The SMILES string of the molecule is COc1ccc(N2CC=CN2)cn1. The van der Waals surface area contributed by atoms with Crippen molar-refractivity contribution < 1.29 is 4.74 Å². The molecule has 68 valence electrons. The highest BCUT2D eigenvalue weighted by Crippen LogP contribution is 2.15. The molecule has 0 unspecified atom stereocenters. The van der Waals surface area contributed by atoms with Crippen molar-refractivity contribution in [2.24, 2.45) is 0 Å². The zero-order valence-electron chi connectivity index (χ0n) is 7.40. The number of aromatic nitrogens is 1. The molecule has 0 aromatic carbocycles. The first-order valence-corrected chi connectivity index (χ1v) is 4.09. The molecule has 13 heavy (non-hydrogen) atoms. The largest absolute Gasteiger partial charge is 0.481 e. The molecule has 0 amide bonds. The van der Waals surface area contributed by atoms with Crippen LogP contribution in [0.5, 0.6) is 5.88 Å². The summed E-state index contributed by atoms with van der Waals surface area (Å²) in [5, 5.41) is 1.99. The van der Waals surface area contributed by atoms with Gasteiger partial charge in [-0.05, 0) is 12.1 Å². The van der Waals surface area contributed by atoms with Crippen molar-refractivity contribution in [2.45, 2.75) is 0 Å². The van der Waals surface area contributed by atoms with Crippen molar-refractivity contribution >= 4 is 5.69 Å². The predicted molar refractivity (Wildman–Crippen MR) is 50.4 cm³/mol. The number of rotatable bonds is 2. The Bertz CT molecular complexity index is 299. The van der Waals surface area contributed by atoms with Crippen molar-refractivity contribution in [3.63, 3.8) is 0 Å². The van der Waals surface area contributed by atoms with Crippen LogP contribution < -0.4 is 15.2 Å². The molecular weight excluding hydrogens is 166 g/mol. The predicted octanol–water partition coefficient (Wildman–Crippen LogP) is 0.928. The molecule has 0 saturated carbocycles. The lowest BCUT2D eigenvalue weighted by atomic mass is 10.4. The maximum atomic E-state index is 4.97. The number of hydrazine groups is 1. The lowest BCUT2D eigenvalue weighted by molar-refractivity contribution is 0.398. The fraction of sp³-hybridized carbons (Fsp3) is 0.222. The van der Waals surface area contributed by atoms with E-state index in [2.05, 4.69) is 10.4 Å². The molecule has 1 N–H and O–H groups in total. The van der Waals surface area contributed by atoms with Crippen molar-refractivity contribution in [1.82, 2.24) is 10.4 Å². The molecule has 1 aromatic rings. The summed E-state index contributed by atoms with van der Waals surface area (Å²) >= 11 is 0. The highest BCUT2D eigenvalue weighted by molar-refractivity contribution is 5.46. The van der Waals surface area contributed by atoms with Crippen LogP contribution in [-0.4, -0.2) is 18.6 Å². The minimum absolute atomic E-state index is 0.635. The molecule has 0 bridgehead atoms. The van der Waals surface area contributed by atoms with Crippen molar-refractivity contribution in [3.05, 3.63) is 30.6 Å². The molecule has 2 heterocycles. The molecule has 2 rings (SSSR count). The molecule has 4 nitrogen and oxygen atoms in total. The third kappa shape index (κ3) is 1.56. The summed E-state index contributed by atoms with van der Waals surface area (Å²) in [6.07, 6.45) is 5.73. The third-order valence-corrected chi connectivity index (χ3v) is 1.88. The number of nitrogens with zero attached hydrogens (tertiary/aromatic N) is 2. The fourth-order valence-corrected chi connectivity index (χ4v) is 1.19. The van der Waals surface area contributed by atoms with Crippen LogP contribution in [0.15, 0.2) is 30.6 Å². The van der Waals surface area contributed by atoms with Crippen LogP contribution in [-0.2, 0) is 0 Å². The second kappa shape index (κ2) is 3.35. The second-order valence-corrected chi connectivity index (χ2v) is 2.70. The van der Waals surface area contributed by atoms with Crippen molar-refractivity contribution in [3.8, 4) is 5.88 Å². The first-order chi connectivity index (χ1) is 6.40. The quantitative estimate of drug-likeness (QED) is 0.729. The smallest absolute Gasteiger partial charge is 0.213 e. The van der Waals surface area contributed by atoms with E-state index in [9.17, 15) is 0 Å². The van der Waals surface area contributed by atoms with Gasteiger partial charge in [-0.1, -0.05) is 0 Å². The van der Waals surface area contributed by atoms with E-state index in [1.54, 1.807) is 13.3 Å². The zero-order valence-corrected chi connectivity index (χ0v) is 7.40. The van der Waals surface area contributed by atoms with Gasteiger partial charge in [0.25, 0.3) is 0 Å². The minimum Gasteiger partial charge on any atom is -0.481 e. The summed E-state index contributed by atoms with van der Waals surface area (Å²) in [6.45, 7) is 0.869. The van der Waals surface area contributed by atoms with Gasteiger partial charge >= 0.3 is 0 Å². The van der Waals surface area contributed by atoms with Gasteiger partial charge in [0.15, 0.2) is 0 Å². The highest BCUT2D eigenvalue weighted by Gasteiger charge is 2.06. The fourth-order valence-electron chi connectivity index (χ4n) is 1.19. The zero-order chi connectivity index (χ0) is 9.10. The van der Waals surface area contributed by atoms with Crippen molar-refractivity contribution in [1.29, 1.82) is 0 Å². The van der Waals surface area contributed by atoms with Crippen LogP contribution >= 0.6 is 0 Å². The van der Waals surface area contributed by atoms with E-state index < -0.39 is 0 Å². The standard InChI is InChI=1S/C9H11N3O/c1-13-9-4-3-8(7-10-9)12-6-2-5-11-12/h2-5,7,11H,6H2,1H3. The Balaban J connectivity index is 2.13. The molecule has 0 aliphatic carbocycles. The van der Waals surface area contributed by atoms with E-state index in [1.807, 2.05) is 29.4 Å². The monoisotopic (exact) mass is 177 g/mol. The molecular formula is C9H11N3O. The van der Waals surface area contributed by atoms with Gasteiger partial charge in [-0.15, -0.1) is 0 Å². The summed E-state index contributed by atoms with van der Waals surface area (Å²) in [5.74, 6) is 0.635. The summed E-state index contributed by atoms with van der Waals surface area (Å²) in [7, 11) is 1.61. The van der Waals surface area contributed by atoms with E-state index >= 15 is 0 Å².